The maximum atomic E-state index is 13.6. The highest BCUT2D eigenvalue weighted by Crippen LogP contribution is 2.18. The van der Waals surface area contributed by atoms with Gasteiger partial charge in [-0.3, -0.25) is 4.90 Å². The van der Waals surface area contributed by atoms with E-state index in [1.165, 1.54) is 30.2 Å². The zero-order valence-electron chi connectivity index (χ0n) is 11.3. The van der Waals surface area contributed by atoms with Gasteiger partial charge in [-0.15, -0.1) is 0 Å². The van der Waals surface area contributed by atoms with E-state index >= 15 is 0 Å². The van der Waals surface area contributed by atoms with E-state index in [-0.39, 0.29) is 18.8 Å². The van der Waals surface area contributed by atoms with Crippen LogP contribution in [0.25, 0.3) is 0 Å². The molecule has 7 heteroatoms. The Morgan fingerprint density at radius 2 is 2.10 bits per heavy atom. The summed E-state index contributed by atoms with van der Waals surface area (Å²) in [5.41, 5.74) is 0.136. The number of para-hydroxylation sites is 1. The second kappa shape index (κ2) is 7.44. The monoisotopic (exact) mass is 284 g/mol. The number of carboxylic acids is 1. The predicted octanol–water partition coefficient (Wildman–Crippen LogP) is 1.46. The Morgan fingerprint density at radius 3 is 2.60 bits per heavy atom. The summed E-state index contributed by atoms with van der Waals surface area (Å²) in [5.74, 6) is -1.70. The number of methoxy groups -OCH3 is 1. The number of benzene rings is 1. The van der Waals surface area contributed by atoms with Crippen LogP contribution in [0, 0.1) is 5.82 Å². The zero-order valence-corrected chi connectivity index (χ0v) is 11.3. The molecule has 0 aliphatic heterocycles. The number of rotatable bonds is 6. The summed E-state index contributed by atoms with van der Waals surface area (Å²) >= 11 is 0. The number of hydrogen-bond acceptors (Lipinski definition) is 3. The van der Waals surface area contributed by atoms with Gasteiger partial charge in [0.15, 0.2) is 6.10 Å². The summed E-state index contributed by atoms with van der Waals surface area (Å²) in [4.78, 5) is 23.9. The van der Waals surface area contributed by atoms with E-state index in [2.05, 4.69) is 5.32 Å². The second-order valence-corrected chi connectivity index (χ2v) is 3.94. The lowest BCUT2D eigenvalue weighted by atomic mass is 10.3. The Labute approximate surface area is 116 Å². The molecule has 0 radical (unpaired) electrons. The number of ether oxygens (including phenoxy) is 1. The highest BCUT2D eigenvalue weighted by atomic mass is 19.1. The van der Waals surface area contributed by atoms with Gasteiger partial charge in [-0.1, -0.05) is 12.1 Å². The third kappa shape index (κ3) is 3.92. The third-order valence-electron chi connectivity index (χ3n) is 2.70. The first-order chi connectivity index (χ1) is 9.51. The summed E-state index contributed by atoms with van der Waals surface area (Å²) in [6, 6.07) is 5.28. The van der Waals surface area contributed by atoms with Crippen LogP contribution in [0.5, 0.6) is 0 Å². The number of nitrogens with one attached hydrogen (secondary N) is 1. The molecule has 20 heavy (non-hydrogen) atoms. The van der Waals surface area contributed by atoms with Crippen LogP contribution < -0.4 is 10.2 Å². The van der Waals surface area contributed by atoms with Crippen LogP contribution in [-0.4, -0.2) is 43.4 Å². The van der Waals surface area contributed by atoms with Gasteiger partial charge in [-0.25, -0.2) is 14.0 Å². The van der Waals surface area contributed by atoms with Crippen molar-refractivity contribution >= 4 is 17.7 Å². The minimum Gasteiger partial charge on any atom is -0.479 e. The molecule has 0 fully saturated rings. The molecule has 0 bridgehead atoms. The minimum atomic E-state index is -1.18. The number of carbonyl (C=O) groups excluding carboxylic acids is 1. The van der Waals surface area contributed by atoms with Gasteiger partial charge in [-0.05, 0) is 19.1 Å². The number of carboxylic acid groups (broad SMARTS) is 1. The molecule has 1 aromatic rings. The van der Waals surface area contributed by atoms with Gasteiger partial charge in [-0.2, -0.15) is 0 Å². The predicted molar refractivity (Wildman–Crippen MR) is 71.3 cm³/mol. The van der Waals surface area contributed by atoms with Crippen LogP contribution in [0.1, 0.15) is 6.92 Å². The average Bonchev–Trinajstić information content (AvgIpc) is 2.42. The number of amides is 2. The van der Waals surface area contributed by atoms with Gasteiger partial charge in [0.25, 0.3) is 0 Å². The first kappa shape index (κ1) is 15.9. The summed E-state index contributed by atoms with van der Waals surface area (Å²) in [6.45, 7) is 1.74. The Balaban J connectivity index is 2.74. The quantitative estimate of drug-likeness (QED) is 0.829. The highest BCUT2D eigenvalue weighted by Gasteiger charge is 2.21. The maximum Gasteiger partial charge on any atom is 0.334 e. The molecule has 0 aromatic heterocycles. The molecule has 1 unspecified atom stereocenters. The topological polar surface area (TPSA) is 78.9 Å². The molecule has 2 amide bonds. The van der Waals surface area contributed by atoms with E-state index < -0.39 is 23.9 Å². The van der Waals surface area contributed by atoms with Crippen molar-refractivity contribution in [2.24, 2.45) is 0 Å². The van der Waals surface area contributed by atoms with Crippen molar-refractivity contribution in [3.8, 4) is 0 Å². The number of halogens is 1. The number of carbonyl (C=O) groups is 2. The fourth-order valence-electron chi connectivity index (χ4n) is 1.64. The molecule has 0 saturated carbocycles. The molecular formula is C13H17FN2O4. The Hall–Kier alpha value is -2.15. The fourth-order valence-corrected chi connectivity index (χ4v) is 1.64. The fraction of sp³-hybridized carbons (Fsp3) is 0.385. The standard InChI is InChI=1S/C13H17FN2O4/c1-3-16(10-7-5-4-6-9(10)14)13(19)15-8-11(20-2)12(17)18/h4-7,11H,3,8H2,1-2H3,(H,15,19)(H,17,18). The molecule has 0 aliphatic rings. The van der Waals surface area contributed by atoms with Gasteiger partial charge in [0, 0.05) is 13.7 Å². The molecule has 1 aromatic carbocycles. The van der Waals surface area contributed by atoms with Crippen molar-refractivity contribution in [1.82, 2.24) is 5.32 Å². The number of hydrogen-bond donors (Lipinski definition) is 2. The van der Waals surface area contributed by atoms with E-state index in [0.29, 0.717) is 0 Å². The summed E-state index contributed by atoms with van der Waals surface area (Å²) < 4.78 is 18.3. The highest BCUT2D eigenvalue weighted by molar-refractivity contribution is 5.92. The van der Waals surface area contributed by atoms with Crippen LogP contribution in [-0.2, 0) is 9.53 Å². The summed E-state index contributed by atoms with van der Waals surface area (Å²) in [5, 5.41) is 11.2. The van der Waals surface area contributed by atoms with Gasteiger partial charge in [0.1, 0.15) is 5.82 Å². The molecule has 0 saturated heterocycles. The van der Waals surface area contributed by atoms with Crippen LogP contribution in [0.4, 0.5) is 14.9 Å². The van der Waals surface area contributed by atoms with Crippen molar-refractivity contribution < 1.29 is 23.8 Å². The second-order valence-electron chi connectivity index (χ2n) is 3.94. The molecular weight excluding hydrogens is 267 g/mol. The number of nitrogens with zero attached hydrogens (tertiary/aromatic N) is 1. The zero-order chi connectivity index (χ0) is 15.1. The van der Waals surface area contributed by atoms with Crippen LogP contribution in [0.3, 0.4) is 0 Å². The Bertz CT molecular complexity index is 481. The maximum absolute atomic E-state index is 13.6. The normalized spacial score (nSPS) is 11.8. The summed E-state index contributed by atoms with van der Waals surface area (Å²) in [6.07, 6.45) is -1.14. The van der Waals surface area contributed by atoms with Gasteiger partial charge in [0.2, 0.25) is 0 Å². The van der Waals surface area contributed by atoms with E-state index in [0.717, 1.165) is 0 Å². The first-order valence-electron chi connectivity index (χ1n) is 6.06. The first-order valence-corrected chi connectivity index (χ1v) is 6.06. The van der Waals surface area contributed by atoms with Gasteiger partial charge < -0.3 is 15.2 Å². The van der Waals surface area contributed by atoms with Gasteiger partial charge in [0.05, 0.1) is 12.2 Å². The largest absolute Gasteiger partial charge is 0.479 e. The molecule has 2 N–H and O–H groups in total. The van der Waals surface area contributed by atoms with Crippen molar-refractivity contribution in [3.05, 3.63) is 30.1 Å². The lowest BCUT2D eigenvalue weighted by molar-refractivity contribution is -0.147. The third-order valence-corrected chi connectivity index (χ3v) is 2.70. The van der Waals surface area contributed by atoms with Crippen LogP contribution in [0.15, 0.2) is 24.3 Å². The van der Waals surface area contributed by atoms with Gasteiger partial charge >= 0.3 is 12.0 Å². The van der Waals surface area contributed by atoms with E-state index in [4.69, 9.17) is 9.84 Å². The van der Waals surface area contributed by atoms with Crippen molar-refractivity contribution in [2.45, 2.75) is 13.0 Å². The van der Waals surface area contributed by atoms with Crippen LogP contribution in [0.2, 0.25) is 0 Å². The minimum absolute atomic E-state index is 0.136. The molecule has 0 spiro atoms. The number of aliphatic carboxylic acids is 1. The Morgan fingerprint density at radius 1 is 1.45 bits per heavy atom. The molecule has 1 rings (SSSR count). The van der Waals surface area contributed by atoms with Crippen molar-refractivity contribution in [3.63, 3.8) is 0 Å². The lowest BCUT2D eigenvalue weighted by Crippen LogP contribution is -2.45. The lowest BCUT2D eigenvalue weighted by Gasteiger charge is -2.22. The van der Waals surface area contributed by atoms with E-state index in [1.54, 1.807) is 13.0 Å². The SMILES string of the molecule is CCN(C(=O)NCC(OC)C(=O)O)c1ccccc1F. The summed E-state index contributed by atoms with van der Waals surface area (Å²) in [7, 11) is 1.24. The molecule has 1 atom stereocenters. The molecule has 110 valence electrons. The number of urea groups is 1. The van der Waals surface area contributed by atoms with Crippen LogP contribution >= 0.6 is 0 Å². The van der Waals surface area contributed by atoms with Crippen molar-refractivity contribution in [1.29, 1.82) is 0 Å². The van der Waals surface area contributed by atoms with Crippen molar-refractivity contribution in [2.75, 3.05) is 25.1 Å². The smallest absolute Gasteiger partial charge is 0.334 e. The Kier molecular flexibility index (Phi) is 5.92. The average molecular weight is 284 g/mol. The van der Waals surface area contributed by atoms with E-state index in [9.17, 15) is 14.0 Å². The molecule has 6 nitrogen and oxygen atoms in total. The molecule has 0 heterocycles. The molecule has 0 aliphatic carbocycles. The van der Waals surface area contributed by atoms with E-state index in [1.807, 2.05) is 0 Å². The number of anilines is 1.